The summed E-state index contributed by atoms with van der Waals surface area (Å²) in [5.41, 5.74) is 1.21. The Labute approximate surface area is 130 Å². The van der Waals surface area contributed by atoms with Crippen molar-refractivity contribution in [2.45, 2.75) is 53.0 Å². The summed E-state index contributed by atoms with van der Waals surface area (Å²) in [5, 5.41) is 10.5. The molecule has 1 aliphatic rings. The van der Waals surface area contributed by atoms with Crippen LogP contribution < -0.4 is 16.0 Å². The van der Waals surface area contributed by atoms with E-state index in [1.807, 2.05) is 19.2 Å². The zero-order valence-corrected chi connectivity index (χ0v) is 14.1. The fraction of sp³-hybridized carbons (Fsp3) is 0.706. The van der Waals surface area contributed by atoms with Crippen molar-refractivity contribution in [2.24, 2.45) is 10.9 Å². The molecule has 1 heterocycles. The summed E-state index contributed by atoms with van der Waals surface area (Å²) in [6.45, 7) is 11.6. The maximum atomic E-state index is 4.50. The molecule has 120 valence electrons. The van der Waals surface area contributed by atoms with Gasteiger partial charge in [-0.25, -0.2) is 4.99 Å². The minimum absolute atomic E-state index is 0.466. The summed E-state index contributed by atoms with van der Waals surface area (Å²) in [6, 6.07) is 0.626. The smallest absolute Gasteiger partial charge is 0.125 e. The molecule has 0 aromatic carbocycles. The number of rotatable bonds is 8. The lowest BCUT2D eigenvalue weighted by Gasteiger charge is -2.24. The molecule has 4 heteroatoms. The average Bonchev–Trinajstić information content (AvgIpc) is 2.49. The van der Waals surface area contributed by atoms with Crippen molar-refractivity contribution in [3.63, 3.8) is 0 Å². The van der Waals surface area contributed by atoms with E-state index in [1.54, 1.807) is 0 Å². The van der Waals surface area contributed by atoms with E-state index in [0.717, 1.165) is 31.9 Å². The van der Waals surface area contributed by atoms with Crippen LogP contribution in [0.15, 0.2) is 28.7 Å². The Bertz CT molecular complexity index is 363. The second-order valence-corrected chi connectivity index (χ2v) is 5.86. The van der Waals surface area contributed by atoms with Crippen LogP contribution in [0, 0.1) is 5.92 Å². The quantitative estimate of drug-likeness (QED) is 0.603. The van der Waals surface area contributed by atoms with Crippen molar-refractivity contribution in [3.8, 4) is 0 Å². The number of allylic oxidation sites excluding steroid dienone is 2. The van der Waals surface area contributed by atoms with Gasteiger partial charge in [0.05, 0.1) is 0 Å². The standard InChI is InChI=1S/C17H32N4/c1-5-7-16(13-19-15-8-10-18-11-9-15)21-17(6-2)20-12-14(3)4/h6-7,12,14-15,18-19,21H,5,8-11,13H2,1-4H3/b16-7+,17-6+,20-12?. The van der Waals surface area contributed by atoms with E-state index in [2.05, 4.69) is 47.8 Å². The Hall–Kier alpha value is -1.13. The first kappa shape index (κ1) is 17.9. The number of nitrogens with zero attached hydrogens (tertiary/aromatic N) is 1. The molecule has 0 unspecified atom stereocenters. The van der Waals surface area contributed by atoms with Gasteiger partial charge in [-0.05, 0) is 51.3 Å². The summed E-state index contributed by atoms with van der Waals surface area (Å²) < 4.78 is 0. The monoisotopic (exact) mass is 292 g/mol. The first-order chi connectivity index (χ1) is 10.2. The molecule has 0 radical (unpaired) electrons. The van der Waals surface area contributed by atoms with E-state index in [-0.39, 0.29) is 0 Å². The van der Waals surface area contributed by atoms with Crippen LogP contribution in [-0.2, 0) is 0 Å². The van der Waals surface area contributed by atoms with Crippen LogP contribution in [0.1, 0.15) is 47.0 Å². The molecule has 1 rings (SSSR count). The number of aliphatic imine (C=N–C) groups is 1. The second kappa shape index (κ2) is 10.6. The SMILES string of the molecule is C/C=C(\N=CC(C)C)N/C(=C/CC)CNC1CCNCC1. The molecule has 0 spiro atoms. The molecule has 0 bridgehead atoms. The molecule has 0 aromatic heterocycles. The summed E-state index contributed by atoms with van der Waals surface area (Å²) in [7, 11) is 0. The minimum atomic E-state index is 0.466. The van der Waals surface area contributed by atoms with Gasteiger partial charge in [0.25, 0.3) is 0 Å². The van der Waals surface area contributed by atoms with Crippen molar-refractivity contribution in [2.75, 3.05) is 19.6 Å². The maximum absolute atomic E-state index is 4.50. The van der Waals surface area contributed by atoms with Crippen LogP contribution in [0.5, 0.6) is 0 Å². The zero-order valence-electron chi connectivity index (χ0n) is 14.1. The Morgan fingerprint density at radius 2 is 2.05 bits per heavy atom. The van der Waals surface area contributed by atoms with Crippen LogP contribution in [0.3, 0.4) is 0 Å². The lowest BCUT2D eigenvalue weighted by atomic mass is 10.1. The fourth-order valence-electron chi connectivity index (χ4n) is 2.27. The van der Waals surface area contributed by atoms with Gasteiger partial charge in [0.1, 0.15) is 5.82 Å². The Morgan fingerprint density at radius 3 is 2.62 bits per heavy atom. The molecule has 21 heavy (non-hydrogen) atoms. The van der Waals surface area contributed by atoms with Gasteiger partial charge in [-0.3, -0.25) is 0 Å². The van der Waals surface area contributed by atoms with E-state index in [4.69, 9.17) is 0 Å². The van der Waals surface area contributed by atoms with Crippen LogP contribution in [0.4, 0.5) is 0 Å². The van der Waals surface area contributed by atoms with Gasteiger partial charge < -0.3 is 16.0 Å². The minimum Gasteiger partial charge on any atom is -0.343 e. The van der Waals surface area contributed by atoms with Crippen molar-refractivity contribution >= 4 is 6.21 Å². The highest BCUT2D eigenvalue weighted by molar-refractivity contribution is 5.61. The number of nitrogens with one attached hydrogen (secondary N) is 3. The number of hydrogen-bond donors (Lipinski definition) is 3. The molecule has 3 N–H and O–H groups in total. The first-order valence-electron chi connectivity index (χ1n) is 8.26. The molecule has 0 atom stereocenters. The molecule has 0 saturated carbocycles. The largest absolute Gasteiger partial charge is 0.343 e. The molecule has 0 amide bonds. The third-order valence-corrected chi connectivity index (χ3v) is 3.44. The summed E-state index contributed by atoms with van der Waals surface area (Å²) in [4.78, 5) is 4.50. The van der Waals surface area contributed by atoms with Gasteiger partial charge in [-0.2, -0.15) is 0 Å². The van der Waals surface area contributed by atoms with Gasteiger partial charge in [0.2, 0.25) is 0 Å². The molecule has 1 saturated heterocycles. The van der Waals surface area contributed by atoms with Gasteiger partial charge in [0.15, 0.2) is 0 Å². The summed E-state index contributed by atoms with van der Waals surface area (Å²) in [5.74, 6) is 1.39. The van der Waals surface area contributed by atoms with E-state index in [9.17, 15) is 0 Å². The topological polar surface area (TPSA) is 48.5 Å². The second-order valence-electron chi connectivity index (χ2n) is 5.86. The molecular weight excluding hydrogens is 260 g/mol. The predicted molar refractivity (Wildman–Crippen MR) is 92.5 cm³/mol. The number of piperidine rings is 1. The average molecular weight is 292 g/mol. The Balaban J connectivity index is 2.50. The first-order valence-corrected chi connectivity index (χ1v) is 8.26. The van der Waals surface area contributed by atoms with E-state index >= 15 is 0 Å². The maximum Gasteiger partial charge on any atom is 0.125 e. The lowest BCUT2D eigenvalue weighted by Crippen LogP contribution is -2.41. The molecule has 4 nitrogen and oxygen atoms in total. The highest BCUT2D eigenvalue weighted by Crippen LogP contribution is 2.04. The Kier molecular flexibility index (Phi) is 9.02. The van der Waals surface area contributed by atoms with Gasteiger partial charge in [-0.1, -0.05) is 26.8 Å². The van der Waals surface area contributed by atoms with E-state index in [1.165, 1.54) is 18.5 Å². The zero-order chi connectivity index (χ0) is 15.5. The normalized spacial score (nSPS) is 18.7. The fourth-order valence-corrected chi connectivity index (χ4v) is 2.27. The van der Waals surface area contributed by atoms with Crippen LogP contribution in [0.25, 0.3) is 0 Å². The van der Waals surface area contributed by atoms with Crippen LogP contribution in [-0.4, -0.2) is 31.9 Å². The van der Waals surface area contributed by atoms with Crippen molar-refractivity contribution < 1.29 is 0 Å². The molecule has 0 aromatic rings. The van der Waals surface area contributed by atoms with Crippen molar-refractivity contribution in [1.29, 1.82) is 0 Å². The van der Waals surface area contributed by atoms with Crippen molar-refractivity contribution in [1.82, 2.24) is 16.0 Å². The summed E-state index contributed by atoms with van der Waals surface area (Å²) >= 11 is 0. The molecule has 1 fully saturated rings. The van der Waals surface area contributed by atoms with E-state index in [0.29, 0.717) is 12.0 Å². The van der Waals surface area contributed by atoms with E-state index < -0.39 is 0 Å². The summed E-state index contributed by atoms with van der Waals surface area (Å²) in [6.07, 6.45) is 9.69. The molecular formula is C17H32N4. The molecule has 1 aliphatic heterocycles. The highest BCUT2D eigenvalue weighted by Gasteiger charge is 2.12. The third kappa shape index (κ3) is 8.02. The van der Waals surface area contributed by atoms with Gasteiger partial charge >= 0.3 is 0 Å². The number of hydrogen-bond acceptors (Lipinski definition) is 4. The van der Waals surface area contributed by atoms with Crippen molar-refractivity contribution in [3.05, 3.63) is 23.7 Å². The lowest BCUT2D eigenvalue weighted by molar-refractivity contribution is 0.395. The van der Waals surface area contributed by atoms with Crippen LogP contribution >= 0.6 is 0 Å². The van der Waals surface area contributed by atoms with Gasteiger partial charge in [0, 0.05) is 24.5 Å². The van der Waals surface area contributed by atoms with Gasteiger partial charge in [-0.15, -0.1) is 0 Å². The highest BCUT2D eigenvalue weighted by atomic mass is 15.1. The molecule has 0 aliphatic carbocycles. The predicted octanol–water partition coefficient (Wildman–Crippen LogP) is 2.80. The Morgan fingerprint density at radius 1 is 1.33 bits per heavy atom. The van der Waals surface area contributed by atoms with Crippen LogP contribution in [0.2, 0.25) is 0 Å². The third-order valence-electron chi connectivity index (χ3n) is 3.44.